The predicted molar refractivity (Wildman–Crippen MR) is 133 cm³/mol. The van der Waals surface area contributed by atoms with Crippen LogP contribution in [0.25, 0.3) is 16.7 Å². The minimum Gasteiger partial charge on any atom is -0.496 e. The Morgan fingerprint density at radius 1 is 1.09 bits per heavy atom. The lowest BCUT2D eigenvalue weighted by Crippen LogP contribution is -2.32. The summed E-state index contributed by atoms with van der Waals surface area (Å²) in [4.78, 5) is 14.4. The fourth-order valence-electron chi connectivity index (χ4n) is 4.24. The summed E-state index contributed by atoms with van der Waals surface area (Å²) < 4.78 is 11.4. The molecule has 4 nitrogen and oxygen atoms in total. The van der Waals surface area contributed by atoms with E-state index in [9.17, 15) is 4.79 Å². The molecule has 0 radical (unpaired) electrons. The topological polar surface area (TPSA) is 47.6 Å². The monoisotopic (exact) mass is 467 g/mol. The number of methoxy groups -OCH3 is 1. The molecule has 0 amide bonds. The number of hydrogen-bond acceptors (Lipinski definition) is 5. The van der Waals surface area contributed by atoms with Crippen LogP contribution in [-0.2, 0) is 11.3 Å². The standard InChI is InChI=1S/C26H26ClNO3S/c1-15-13-26(3,4)28-21-10-9-18(19-8-7-17(27)12-22(19)30-5)20(24(15)21)14-31-25(29)23-11-6-16(2)32-23/h6-13,28H,14H2,1-5H3. The van der Waals surface area contributed by atoms with Crippen molar-refractivity contribution >= 4 is 40.2 Å². The molecular formula is C26H26ClNO3S. The van der Waals surface area contributed by atoms with Gasteiger partial charge >= 0.3 is 5.97 Å². The van der Waals surface area contributed by atoms with Gasteiger partial charge in [-0.25, -0.2) is 4.79 Å². The van der Waals surface area contributed by atoms with Crippen molar-refractivity contribution in [3.63, 3.8) is 0 Å². The van der Waals surface area contributed by atoms with Crippen LogP contribution in [0, 0.1) is 6.92 Å². The Hall–Kier alpha value is -2.76. The average Bonchev–Trinajstić information content (AvgIpc) is 3.17. The molecule has 1 aliphatic rings. The van der Waals surface area contributed by atoms with Crippen LogP contribution in [0.1, 0.15) is 46.4 Å². The average molecular weight is 468 g/mol. The van der Waals surface area contributed by atoms with Gasteiger partial charge in [-0.2, -0.15) is 0 Å². The van der Waals surface area contributed by atoms with E-state index in [1.54, 1.807) is 19.2 Å². The molecule has 0 bridgehead atoms. The normalized spacial score (nSPS) is 14.2. The van der Waals surface area contributed by atoms with Crippen LogP contribution in [0.15, 0.2) is 48.5 Å². The van der Waals surface area contributed by atoms with Gasteiger partial charge in [0.1, 0.15) is 17.2 Å². The lowest BCUT2D eigenvalue weighted by molar-refractivity contribution is 0.0479. The van der Waals surface area contributed by atoms with Crippen LogP contribution in [-0.4, -0.2) is 18.6 Å². The summed E-state index contributed by atoms with van der Waals surface area (Å²) in [6.07, 6.45) is 2.20. The lowest BCUT2D eigenvalue weighted by Gasteiger charge is -2.33. The molecule has 166 valence electrons. The van der Waals surface area contributed by atoms with E-state index >= 15 is 0 Å². The molecule has 0 atom stereocenters. The first-order valence-electron chi connectivity index (χ1n) is 10.4. The number of anilines is 1. The van der Waals surface area contributed by atoms with Crippen molar-refractivity contribution in [2.24, 2.45) is 0 Å². The first-order valence-corrected chi connectivity index (χ1v) is 11.6. The summed E-state index contributed by atoms with van der Waals surface area (Å²) in [5, 5.41) is 4.18. The van der Waals surface area contributed by atoms with Gasteiger partial charge in [0.15, 0.2) is 0 Å². The van der Waals surface area contributed by atoms with Gasteiger partial charge in [-0.3, -0.25) is 0 Å². The van der Waals surface area contributed by atoms with Crippen molar-refractivity contribution in [1.82, 2.24) is 0 Å². The number of nitrogens with one attached hydrogen (secondary N) is 1. The van der Waals surface area contributed by atoms with E-state index in [2.05, 4.69) is 38.2 Å². The van der Waals surface area contributed by atoms with Crippen molar-refractivity contribution in [3.8, 4) is 16.9 Å². The molecule has 0 saturated carbocycles. The highest BCUT2D eigenvalue weighted by Crippen LogP contribution is 2.43. The molecule has 4 rings (SSSR count). The zero-order valence-corrected chi connectivity index (χ0v) is 20.4. The number of ether oxygens (including phenoxy) is 2. The zero-order chi connectivity index (χ0) is 23.0. The zero-order valence-electron chi connectivity index (χ0n) is 18.8. The Bertz CT molecular complexity index is 1230. The highest BCUT2D eigenvalue weighted by molar-refractivity contribution is 7.13. The number of fused-ring (bicyclic) bond motifs is 1. The van der Waals surface area contributed by atoms with E-state index in [4.69, 9.17) is 21.1 Å². The van der Waals surface area contributed by atoms with Crippen molar-refractivity contribution in [1.29, 1.82) is 0 Å². The molecule has 2 heterocycles. The number of carbonyl (C=O) groups excluding carboxylic acids is 1. The van der Waals surface area contributed by atoms with E-state index in [1.165, 1.54) is 11.3 Å². The molecule has 1 aliphatic heterocycles. The third kappa shape index (κ3) is 4.41. The predicted octanol–water partition coefficient (Wildman–Crippen LogP) is 7.35. The fraction of sp³-hybridized carbons (Fsp3) is 0.269. The van der Waals surface area contributed by atoms with Gasteiger partial charge in [0.05, 0.1) is 12.6 Å². The summed E-state index contributed by atoms with van der Waals surface area (Å²) >= 11 is 7.63. The fourth-order valence-corrected chi connectivity index (χ4v) is 5.17. The number of esters is 1. The second-order valence-electron chi connectivity index (χ2n) is 8.52. The van der Waals surface area contributed by atoms with Gasteiger partial charge in [0.25, 0.3) is 0 Å². The molecule has 2 aromatic carbocycles. The number of benzene rings is 2. The van der Waals surface area contributed by atoms with Crippen LogP contribution in [0.2, 0.25) is 5.02 Å². The lowest BCUT2D eigenvalue weighted by atomic mass is 9.85. The van der Waals surface area contributed by atoms with Crippen molar-refractivity contribution in [2.75, 3.05) is 12.4 Å². The summed E-state index contributed by atoms with van der Waals surface area (Å²) in [6.45, 7) is 8.48. The number of rotatable bonds is 5. The molecule has 0 fully saturated rings. The second-order valence-corrected chi connectivity index (χ2v) is 10.2. The Labute approximate surface area is 197 Å². The maximum Gasteiger partial charge on any atom is 0.348 e. The number of aryl methyl sites for hydroxylation is 1. The Morgan fingerprint density at radius 3 is 2.53 bits per heavy atom. The van der Waals surface area contributed by atoms with E-state index in [0.29, 0.717) is 15.6 Å². The molecule has 1 aromatic heterocycles. The Kier molecular flexibility index (Phi) is 6.06. The smallest absolute Gasteiger partial charge is 0.348 e. The van der Waals surface area contributed by atoms with Gasteiger partial charge in [-0.05, 0) is 75.2 Å². The number of allylic oxidation sites excluding steroid dienone is 1. The molecule has 0 spiro atoms. The van der Waals surface area contributed by atoms with Gasteiger partial charge < -0.3 is 14.8 Å². The summed E-state index contributed by atoms with van der Waals surface area (Å²) in [5.74, 6) is 0.352. The minimum atomic E-state index is -0.319. The quantitative estimate of drug-likeness (QED) is 0.398. The van der Waals surface area contributed by atoms with Crippen LogP contribution in [0.4, 0.5) is 5.69 Å². The van der Waals surface area contributed by atoms with Gasteiger partial charge in [0.2, 0.25) is 0 Å². The minimum absolute atomic E-state index is 0.146. The number of carbonyl (C=O) groups is 1. The highest BCUT2D eigenvalue weighted by Gasteiger charge is 2.27. The van der Waals surface area contributed by atoms with Crippen LogP contribution in [0.3, 0.4) is 0 Å². The van der Waals surface area contributed by atoms with Crippen LogP contribution in [0.5, 0.6) is 5.75 Å². The van der Waals surface area contributed by atoms with E-state index in [-0.39, 0.29) is 18.1 Å². The van der Waals surface area contributed by atoms with E-state index in [1.807, 2.05) is 31.2 Å². The third-order valence-electron chi connectivity index (χ3n) is 5.48. The highest BCUT2D eigenvalue weighted by atomic mass is 35.5. The Morgan fingerprint density at radius 2 is 1.84 bits per heavy atom. The van der Waals surface area contributed by atoms with Crippen molar-refractivity contribution in [3.05, 3.63) is 74.4 Å². The molecule has 1 N–H and O–H groups in total. The summed E-state index contributed by atoms with van der Waals surface area (Å²) in [6, 6.07) is 13.4. The van der Waals surface area contributed by atoms with Gasteiger partial charge in [-0.1, -0.05) is 23.7 Å². The molecule has 0 unspecified atom stereocenters. The Balaban J connectivity index is 1.82. The van der Waals surface area contributed by atoms with Crippen molar-refractivity contribution < 1.29 is 14.3 Å². The maximum absolute atomic E-state index is 12.7. The molecule has 6 heteroatoms. The third-order valence-corrected chi connectivity index (χ3v) is 6.70. The van der Waals surface area contributed by atoms with E-state index in [0.717, 1.165) is 38.4 Å². The van der Waals surface area contributed by atoms with E-state index < -0.39 is 0 Å². The summed E-state index contributed by atoms with van der Waals surface area (Å²) in [5.41, 5.74) is 5.81. The maximum atomic E-state index is 12.7. The largest absolute Gasteiger partial charge is 0.496 e. The molecule has 0 saturated heterocycles. The SMILES string of the molecule is COc1cc(Cl)ccc1-c1ccc2c(c1COC(=O)c1ccc(C)s1)C(C)=CC(C)(C)N2. The summed E-state index contributed by atoms with van der Waals surface area (Å²) in [7, 11) is 1.63. The van der Waals surface area contributed by atoms with Crippen LogP contribution >= 0.6 is 22.9 Å². The van der Waals surface area contributed by atoms with Gasteiger partial charge in [-0.15, -0.1) is 11.3 Å². The van der Waals surface area contributed by atoms with Crippen molar-refractivity contribution in [2.45, 2.75) is 39.8 Å². The molecule has 0 aliphatic carbocycles. The number of hydrogen-bond donors (Lipinski definition) is 1. The second kappa shape index (κ2) is 8.64. The van der Waals surface area contributed by atoms with Gasteiger partial charge in [0, 0.05) is 32.3 Å². The number of thiophene rings is 1. The first kappa shape index (κ1) is 22.4. The van der Waals surface area contributed by atoms with Crippen LogP contribution < -0.4 is 10.1 Å². The first-order chi connectivity index (χ1) is 15.2. The molecule has 32 heavy (non-hydrogen) atoms. The molecule has 3 aromatic rings. The number of halogens is 1. The molecular weight excluding hydrogens is 442 g/mol.